The van der Waals surface area contributed by atoms with E-state index in [2.05, 4.69) is 41.2 Å². The van der Waals surface area contributed by atoms with E-state index in [1.165, 1.54) is 0 Å². The van der Waals surface area contributed by atoms with E-state index >= 15 is 0 Å². The van der Waals surface area contributed by atoms with Gasteiger partial charge in [0.25, 0.3) is 0 Å². The van der Waals surface area contributed by atoms with Gasteiger partial charge in [-0.3, -0.25) is 4.99 Å². The van der Waals surface area contributed by atoms with Gasteiger partial charge < -0.3 is 15.2 Å². The largest absolute Gasteiger partial charge is 0.359 e. The maximum atomic E-state index is 5.39. The van der Waals surface area contributed by atoms with E-state index < -0.39 is 0 Å². The molecule has 0 aliphatic rings. The van der Waals surface area contributed by atoms with Gasteiger partial charge in [-0.1, -0.05) is 25.1 Å². The second-order valence-corrected chi connectivity index (χ2v) is 6.10. The van der Waals surface area contributed by atoms with Gasteiger partial charge in [-0.25, -0.2) is 0 Å². The molecule has 0 aromatic carbocycles. The molecular weight excluding hydrogens is 296 g/mol. The lowest BCUT2D eigenvalue weighted by atomic mass is 9.99. The molecule has 0 aliphatic heterocycles. The van der Waals surface area contributed by atoms with Crippen molar-refractivity contribution >= 4 is 17.7 Å². The first-order valence-electron chi connectivity index (χ1n) is 7.83. The summed E-state index contributed by atoms with van der Waals surface area (Å²) < 4.78 is 5.39. The minimum atomic E-state index is 0.483. The van der Waals surface area contributed by atoms with Crippen molar-refractivity contribution in [1.29, 1.82) is 0 Å². The predicted molar refractivity (Wildman–Crippen MR) is 95.5 cm³/mol. The molecule has 0 saturated carbocycles. The molecule has 124 valence electrons. The van der Waals surface area contributed by atoms with Gasteiger partial charge in [0, 0.05) is 37.1 Å². The summed E-state index contributed by atoms with van der Waals surface area (Å²) >= 11 is 1.84. The molecule has 0 radical (unpaired) electrons. The highest BCUT2D eigenvalue weighted by Crippen LogP contribution is 2.22. The Morgan fingerprint density at radius 1 is 1.45 bits per heavy atom. The molecule has 0 aliphatic carbocycles. The third-order valence-corrected chi connectivity index (χ3v) is 4.37. The van der Waals surface area contributed by atoms with Crippen LogP contribution in [0.4, 0.5) is 0 Å². The molecule has 0 spiro atoms. The van der Waals surface area contributed by atoms with Gasteiger partial charge in [-0.15, -0.1) is 6.58 Å². The molecular formula is C16H28N4OS. The van der Waals surface area contributed by atoms with Crippen LogP contribution in [0.5, 0.6) is 0 Å². The molecule has 5 nitrogen and oxygen atoms in total. The highest BCUT2D eigenvalue weighted by molar-refractivity contribution is 7.99. The van der Waals surface area contributed by atoms with E-state index in [1.54, 1.807) is 7.05 Å². The molecule has 0 fully saturated rings. The summed E-state index contributed by atoms with van der Waals surface area (Å²) in [6.07, 6.45) is 4.09. The van der Waals surface area contributed by atoms with E-state index in [1.807, 2.05) is 23.9 Å². The molecule has 1 aromatic heterocycles. The number of nitrogens with one attached hydrogen (secondary N) is 2. The molecule has 22 heavy (non-hydrogen) atoms. The first-order chi connectivity index (χ1) is 10.7. The number of nitrogens with zero attached hydrogens (tertiary/aromatic N) is 2. The predicted octanol–water partition coefficient (Wildman–Crippen LogP) is 3.16. The van der Waals surface area contributed by atoms with Gasteiger partial charge in [0.2, 0.25) is 0 Å². The van der Waals surface area contributed by atoms with Crippen LogP contribution >= 0.6 is 11.8 Å². The number of rotatable bonds is 10. The zero-order chi connectivity index (χ0) is 16.2. The summed E-state index contributed by atoms with van der Waals surface area (Å²) in [5.41, 5.74) is 1.05. The fourth-order valence-electron chi connectivity index (χ4n) is 2.11. The minimum absolute atomic E-state index is 0.483. The highest BCUT2D eigenvalue weighted by Gasteiger charge is 2.12. The Labute approximate surface area is 138 Å². The Balaban J connectivity index is 2.35. The molecule has 0 bridgehead atoms. The number of aromatic nitrogens is 1. The lowest BCUT2D eigenvalue weighted by molar-refractivity contribution is 0.368. The first-order valence-corrected chi connectivity index (χ1v) is 8.99. The normalized spacial score (nSPS) is 11.7. The third kappa shape index (κ3) is 6.56. The number of aliphatic imine (C=N–C) groups is 1. The maximum Gasteiger partial charge on any atom is 0.191 e. The van der Waals surface area contributed by atoms with Crippen LogP contribution in [0.15, 0.2) is 28.2 Å². The Bertz CT molecular complexity index is 455. The van der Waals surface area contributed by atoms with Crippen LogP contribution in [0, 0.1) is 0 Å². The number of guanidine groups is 1. The van der Waals surface area contributed by atoms with Crippen LogP contribution in [-0.4, -0.2) is 36.2 Å². The van der Waals surface area contributed by atoms with Crippen molar-refractivity contribution in [2.24, 2.45) is 4.99 Å². The van der Waals surface area contributed by atoms with Crippen molar-refractivity contribution < 1.29 is 4.52 Å². The third-order valence-electron chi connectivity index (χ3n) is 3.41. The summed E-state index contributed by atoms with van der Waals surface area (Å²) in [5, 5.41) is 10.7. The summed E-state index contributed by atoms with van der Waals surface area (Å²) in [4.78, 5) is 4.20. The first kappa shape index (κ1) is 18.6. The van der Waals surface area contributed by atoms with Crippen molar-refractivity contribution in [3.05, 3.63) is 30.2 Å². The topological polar surface area (TPSA) is 62.5 Å². The SMILES string of the molecule is C=CCSCCNC(=NC)NCc1cc(C(CC)CC)no1. The van der Waals surface area contributed by atoms with Crippen LogP contribution in [0.2, 0.25) is 0 Å². The molecule has 0 saturated heterocycles. The van der Waals surface area contributed by atoms with Crippen molar-refractivity contribution in [1.82, 2.24) is 15.8 Å². The average Bonchev–Trinajstić information content (AvgIpc) is 3.00. The van der Waals surface area contributed by atoms with Crippen LogP contribution in [-0.2, 0) is 6.54 Å². The molecule has 1 aromatic rings. The Kier molecular flexibility index (Phi) is 9.46. The van der Waals surface area contributed by atoms with Crippen molar-refractivity contribution in [2.45, 2.75) is 39.2 Å². The van der Waals surface area contributed by atoms with Crippen molar-refractivity contribution in [3.63, 3.8) is 0 Å². The lowest BCUT2D eigenvalue weighted by Crippen LogP contribution is -2.37. The van der Waals surface area contributed by atoms with Crippen molar-refractivity contribution in [3.8, 4) is 0 Å². The van der Waals surface area contributed by atoms with Gasteiger partial charge in [0.15, 0.2) is 11.7 Å². The fourth-order valence-corrected chi connectivity index (χ4v) is 2.69. The molecule has 0 amide bonds. The molecule has 6 heteroatoms. The zero-order valence-corrected chi connectivity index (χ0v) is 14.7. The second kappa shape index (κ2) is 11.2. The number of hydrogen-bond acceptors (Lipinski definition) is 4. The van der Waals surface area contributed by atoms with Gasteiger partial charge in [-0.05, 0) is 12.8 Å². The number of thioether (sulfide) groups is 1. The molecule has 1 heterocycles. The van der Waals surface area contributed by atoms with E-state index in [4.69, 9.17) is 4.52 Å². The Morgan fingerprint density at radius 3 is 2.86 bits per heavy atom. The van der Waals surface area contributed by atoms with Gasteiger partial charge >= 0.3 is 0 Å². The van der Waals surface area contributed by atoms with E-state index in [-0.39, 0.29) is 0 Å². The van der Waals surface area contributed by atoms with E-state index in [9.17, 15) is 0 Å². The van der Waals surface area contributed by atoms with Gasteiger partial charge in [-0.2, -0.15) is 11.8 Å². The zero-order valence-electron chi connectivity index (χ0n) is 13.9. The second-order valence-electron chi connectivity index (χ2n) is 4.95. The minimum Gasteiger partial charge on any atom is -0.359 e. The van der Waals surface area contributed by atoms with Crippen LogP contribution in [0.25, 0.3) is 0 Å². The van der Waals surface area contributed by atoms with Crippen LogP contribution in [0.1, 0.15) is 44.1 Å². The summed E-state index contributed by atoms with van der Waals surface area (Å²) in [6, 6.07) is 2.04. The maximum absolute atomic E-state index is 5.39. The quantitative estimate of drug-likeness (QED) is 0.300. The Morgan fingerprint density at radius 2 is 2.23 bits per heavy atom. The molecule has 0 atom stereocenters. The number of hydrogen-bond donors (Lipinski definition) is 2. The molecule has 1 rings (SSSR count). The van der Waals surface area contributed by atoms with E-state index in [0.717, 1.165) is 48.3 Å². The molecule has 0 unspecified atom stereocenters. The van der Waals surface area contributed by atoms with Crippen LogP contribution < -0.4 is 10.6 Å². The van der Waals surface area contributed by atoms with Crippen LogP contribution in [0.3, 0.4) is 0 Å². The highest BCUT2D eigenvalue weighted by atomic mass is 32.2. The smallest absolute Gasteiger partial charge is 0.191 e. The van der Waals surface area contributed by atoms with E-state index in [0.29, 0.717) is 12.5 Å². The van der Waals surface area contributed by atoms with Gasteiger partial charge in [0.1, 0.15) is 0 Å². The molecule has 2 N–H and O–H groups in total. The fraction of sp³-hybridized carbons (Fsp3) is 0.625. The Hall–Kier alpha value is -1.43. The average molecular weight is 324 g/mol. The van der Waals surface area contributed by atoms with Crippen molar-refractivity contribution in [2.75, 3.05) is 25.1 Å². The lowest BCUT2D eigenvalue weighted by Gasteiger charge is -2.10. The summed E-state index contributed by atoms with van der Waals surface area (Å²) in [6.45, 7) is 9.52. The summed E-state index contributed by atoms with van der Waals surface area (Å²) in [5.74, 6) is 4.10. The standard InChI is InChI=1S/C16H28N4OS/c1-5-9-22-10-8-18-16(17-4)19-12-14-11-15(20-21-14)13(6-2)7-3/h5,11,13H,1,6-10,12H2,2-4H3,(H2,17,18,19). The van der Waals surface area contributed by atoms with Gasteiger partial charge in [0.05, 0.1) is 12.2 Å². The summed E-state index contributed by atoms with van der Waals surface area (Å²) in [7, 11) is 1.77. The monoisotopic (exact) mass is 324 g/mol.